The molecule has 1 aromatic rings. The van der Waals surface area contributed by atoms with Crippen LogP contribution in [0.3, 0.4) is 0 Å². The van der Waals surface area contributed by atoms with Gasteiger partial charge in [0.1, 0.15) is 5.82 Å². The van der Waals surface area contributed by atoms with Crippen LogP contribution in [0.15, 0.2) is 24.3 Å². The molecular formula is C14H21FN2. The molecule has 1 aliphatic rings. The van der Waals surface area contributed by atoms with Crippen LogP contribution >= 0.6 is 0 Å². The van der Waals surface area contributed by atoms with Gasteiger partial charge in [-0.05, 0) is 50.6 Å². The third-order valence-corrected chi connectivity index (χ3v) is 3.45. The average Bonchev–Trinajstić information content (AvgIpc) is 2.21. The van der Waals surface area contributed by atoms with Crippen LogP contribution in [-0.2, 0) is 0 Å². The molecule has 1 saturated carbocycles. The third kappa shape index (κ3) is 3.51. The van der Waals surface area contributed by atoms with Crippen LogP contribution in [0.4, 0.5) is 4.39 Å². The maximum absolute atomic E-state index is 13.1. The fraction of sp³-hybridized carbons (Fsp3) is 0.571. The van der Waals surface area contributed by atoms with E-state index in [1.807, 2.05) is 6.07 Å². The van der Waals surface area contributed by atoms with Gasteiger partial charge in [-0.1, -0.05) is 12.1 Å². The van der Waals surface area contributed by atoms with Crippen LogP contribution < -0.4 is 5.32 Å². The quantitative estimate of drug-likeness (QED) is 0.843. The Morgan fingerprint density at radius 3 is 2.76 bits per heavy atom. The molecule has 2 rings (SSSR count). The molecule has 0 radical (unpaired) electrons. The van der Waals surface area contributed by atoms with Gasteiger partial charge < -0.3 is 10.2 Å². The summed E-state index contributed by atoms with van der Waals surface area (Å²) in [6, 6.07) is 7.62. The molecular weight excluding hydrogens is 215 g/mol. The summed E-state index contributed by atoms with van der Waals surface area (Å²) in [5, 5.41) is 3.53. The standard InChI is InChI=1S/C14H21FN2/c1-17(2)7-6-16-14-9-12(10-14)11-4-3-5-13(15)8-11/h3-5,8,12,14,16H,6-7,9-10H2,1-2H3. The van der Waals surface area contributed by atoms with Crippen molar-refractivity contribution >= 4 is 0 Å². The molecule has 0 atom stereocenters. The Morgan fingerprint density at radius 2 is 2.12 bits per heavy atom. The van der Waals surface area contributed by atoms with Gasteiger partial charge in [0.05, 0.1) is 0 Å². The highest BCUT2D eigenvalue weighted by Gasteiger charge is 2.29. The van der Waals surface area contributed by atoms with Crippen molar-refractivity contribution in [1.29, 1.82) is 0 Å². The van der Waals surface area contributed by atoms with E-state index in [2.05, 4.69) is 24.3 Å². The van der Waals surface area contributed by atoms with Crippen LogP contribution in [-0.4, -0.2) is 38.1 Å². The summed E-state index contributed by atoms with van der Waals surface area (Å²) < 4.78 is 13.1. The normalized spacial score (nSPS) is 23.8. The van der Waals surface area contributed by atoms with Crippen molar-refractivity contribution < 1.29 is 4.39 Å². The van der Waals surface area contributed by atoms with Crippen LogP contribution in [0, 0.1) is 5.82 Å². The molecule has 94 valence electrons. The summed E-state index contributed by atoms with van der Waals surface area (Å²) in [5.41, 5.74) is 1.15. The van der Waals surface area contributed by atoms with Gasteiger partial charge >= 0.3 is 0 Å². The van der Waals surface area contributed by atoms with Gasteiger partial charge in [0.25, 0.3) is 0 Å². The molecule has 0 aromatic heterocycles. The van der Waals surface area contributed by atoms with Crippen LogP contribution in [0.2, 0.25) is 0 Å². The van der Waals surface area contributed by atoms with Crippen LogP contribution in [0.25, 0.3) is 0 Å². The third-order valence-electron chi connectivity index (χ3n) is 3.45. The Morgan fingerprint density at radius 1 is 1.35 bits per heavy atom. The number of nitrogens with one attached hydrogen (secondary N) is 1. The number of hydrogen-bond acceptors (Lipinski definition) is 2. The minimum absolute atomic E-state index is 0.119. The number of likely N-dealkylation sites (N-methyl/N-ethyl adjacent to an activating group) is 1. The topological polar surface area (TPSA) is 15.3 Å². The maximum atomic E-state index is 13.1. The van der Waals surface area contributed by atoms with Crippen molar-refractivity contribution in [3.63, 3.8) is 0 Å². The number of benzene rings is 1. The Balaban J connectivity index is 1.72. The summed E-state index contributed by atoms with van der Waals surface area (Å²) in [6.07, 6.45) is 2.27. The lowest BCUT2D eigenvalue weighted by Gasteiger charge is -2.36. The first kappa shape index (κ1) is 12.5. The molecule has 1 N–H and O–H groups in total. The molecule has 17 heavy (non-hydrogen) atoms. The monoisotopic (exact) mass is 236 g/mol. The van der Waals surface area contributed by atoms with E-state index in [1.165, 1.54) is 6.07 Å². The Labute approximate surface area is 103 Å². The Kier molecular flexibility index (Phi) is 4.13. The summed E-state index contributed by atoms with van der Waals surface area (Å²) >= 11 is 0. The largest absolute Gasteiger partial charge is 0.313 e. The summed E-state index contributed by atoms with van der Waals surface area (Å²) in [7, 11) is 4.16. The van der Waals surface area contributed by atoms with E-state index < -0.39 is 0 Å². The fourth-order valence-corrected chi connectivity index (χ4v) is 2.31. The van der Waals surface area contributed by atoms with Gasteiger partial charge in [0, 0.05) is 19.1 Å². The molecule has 0 spiro atoms. The minimum atomic E-state index is -0.119. The molecule has 0 heterocycles. The van der Waals surface area contributed by atoms with E-state index in [4.69, 9.17) is 0 Å². The molecule has 0 unspecified atom stereocenters. The lowest BCUT2D eigenvalue weighted by atomic mass is 9.76. The van der Waals surface area contributed by atoms with E-state index >= 15 is 0 Å². The molecule has 1 aromatic carbocycles. The Hall–Kier alpha value is -0.930. The van der Waals surface area contributed by atoms with Crippen LogP contribution in [0.1, 0.15) is 24.3 Å². The van der Waals surface area contributed by atoms with Gasteiger partial charge in [-0.2, -0.15) is 0 Å². The van der Waals surface area contributed by atoms with E-state index in [0.29, 0.717) is 12.0 Å². The van der Waals surface area contributed by atoms with Crippen molar-refractivity contribution in [3.8, 4) is 0 Å². The van der Waals surface area contributed by atoms with Crippen molar-refractivity contribution in [1.82, 2.24) is 10.2 Å². The number of halogens is 1. The SMILES string of the molecule is CN(C)CCNC1CC(c2cccc(F)c2)C1. The van der Waals surface area contributed by atoms with E-state index in [-0.39, 0.29) is 5.82 Å². The van der Waals surface area contributed by atoms with E-state index in [9.17, 15) is 4.39 Å². The first-order chi connectivity index (χ1) is 8.15. The molecule has 1 fully saturated rings. The fourth-order valence-electron chi connectivity index (χ4n) is 2.31. The zero-order valence-electron chi connectivity index (χ0n) is 10.6. The second-order valence-electron chi connectivity index (χ2n) is 5.18. The second kappa shape index (κ2) is 5.61. The molecule has 0 bridgehead atoms. The van der Waals surface area contributed by atoms with Crippen molar-refractivity contribution in [2.24, 2.45) is 0 Å². The highest BCUT2D eigenvalue weighted by Crippen LogP contribution is 2.36. The maximum Gasteiger partial charge on any atom is 0.123 e. The summed E-state index contributed by atoms with van der Waals surface area (Å²) in [6.45, 7) is 2.11. The van der Waals surface area contributed by atoms with Gasteiger partial charge in [-0.3, -0.25) is 0 Å². The van der Waals surface area contributed by atoms with Crippen molar-refractivity contribution in [2.75, 3.05) is 27.2 Å². The van der Waals surface area contributed by atoms with E-state index in [0.717, 1.165) is 31.5 Å². The number of hydrogen-bond donors (Lipinski definition) is 1. The lowest BCUT2D eigenvalue weighted by molar-refractivity contribution is 0.277. The molecule has 0 amide bonds. The molecule has 0 saturated heterocycles. The smallest absolute Gasteiger partial charge is 0.123 e. The second-order valence-corrected chi connectivity index (χ2v) is 5.18. The lowest BCUT2D eigenvalue weighted by Crippen LogP contribution is -2.42. The predicted molar refractivity (Wildman–Crippen MR) is 68.7 cm³/mol. The van der Waals surface area contributed by atoms with Gasteiger partial charge in [0.2, 0.25) is 0 Å². The molecule has 3 heteroatoms. The molecule has 1 aliphatic carbocycles. The van der Waals surface area contributed by atoms with Crippen LogP contribution in [0.5, 0.6) is 0 Å². The zero-order chi connectivity index (χ0) is 12.3. The number of rotatable bonds is 5. The summed E-state index contributed by atoms with van der Waals surface area (Å²) in [5.74, 6) is 0.425. The van der Waals surface area contributed by atoms with Crippen molar-refractivity contribution in [3.05, 3.63) is 35.6 Å². The predicted octanol–water partition coefficient (Wildman–Crippen LogP) is 2.22. The summed E-state index contributed by atoms with van der Waals surface area (Å²) in [4.78, 5) is 2.18. The molecule has 0 aliphatic heterocycles. The first-order valence-corrected chi connectivity index (χ1v) is 6.28. The Bertz CT molecular complexity index is 359. The molecule has 2 nitrogen and oxygen atoms in total. The minimum Gasteiger partial charge on any atom is -0.313 e. The highest BCUT2D eigenvalue weighted by atomic mass is 19.1. The first-order valence-electron chi connectivity index (χ1n) is 6.28. The van der Waals surface area contributed by atoms with Gasteiger partial charge in [-0.25, -0.2) is 4.39 Å². The average molecular weight is 236 g/mol. The van der Waals surface area contributed by atoms with Gasteiger partial charge in [0.15, 0.2) is 0 Å². The highest BCUT2D eigenvalue weighted by molar-refractivity contribution is 5.23. The van der Waals surface area contributed by atoms with Gasteiger partial charge in [-0.15, -0.1) is 0 Å². The number of nitrogens with zero attached hydrogens (tertiary/aromatic N) is 1. The van der Waals surface area contributed by atoms with E-state index in [1.54, 1.807) is 12.1 Å². The zero-order valence-corrected chi connectivity index (χ0v) is 10.6. The van der Waals surface area contributed by atoms with Crippen molar-refractivity contribution in [2.45, 2.75) is 24.8 Å².